The van der Waals surface area contributed by atoms with Crippen molar-refractivity contribution in [3.05, 3.63) is 54.5 Å². The van der Waals surface area contributed by atoms with E-state index in [0.717, 1.165) is 27.5 Å². The molecule has 4 rings (SSSR count). The summed E-state index contributed by atoms with van der Waals surface area (Å²) >= 11 is 0. The number of hydrogen-bond donors (Lipinski definition) is 3. The number of benzene rings is 1. The van der Waals surface area contributed by atoms with Crippen LogP contribution in [0.1, 0.15) is 26.3 Å². The Labute approximate surface area is 203 Å². The molecule has 1 aliphatic heterocycles. The van der Waals surface area contributed by atoms with Crippen molar-refractivity contribution >= 4 is 28.7 Å². The largest absolute Gasteiger partial charge is 0.447 e. The minimum Gasteiger partial charge on any atom is -0.447 e. The number of carbonyl (C=O) groups is 2. The molecule has 1 aromatic carbocycles. The Morgan fingerprint density at radius 2 is 1.94 bits per heavy atom. The number of carbonyl (C=O) groups excluding carboxylic acids is 2. The average Bonchev–Trinajstić information content (AvgIpc) is 3.20. The zero-order valence-electron chi connectivity index (χ0n) is 20.0. The van der Waals surface area contributed by atoms with Crippen LogP contribution >= 0.6 is 0 Å². The third kappa shape index (κ3) is 6.23. The molecule has 3 heterocycles. The van der Waals surface area contributed by atoms with Crippen molar-refractivity contribution in [2.45, 2.75) is 39.2 Å². The fourth-order valence-electron chi connectivity index (χ4n) is 3.86. The van der Waals surface area contributed by atoms with Gasteiger partial charge in [0.1, 0.15) is 18.5 Å². The number of urea groups is 1. The molecule has 1 aliphatic rings. The van der Waals surface area contributed by atoms with Gasteiger partial charge in [-0.25, -0.2) is 14.6 Å². The van der Waals surface area contributed by atoms with Crippen molar-refractivity contribution in [3.63, 3.8) is 0 Å². The molecule has 0 aliphatic carbocycles. The molecule has 0 spiro atoms. The summed E-state index contributed by atoms with van der Waals surface area (Å²) in [5, 5.41) is 9.95. The van der Waals surface area contributed by atoms with Gasteiger partial charge in [-0.2, -0.15) is 0 Å². The van der Waals surface area contributed by atoms with Crippen molar-refractivity contribution in [1.29, 1.82) is 0 Å². The number of alkyl carbamates (subject to hydrolysis) is 1. The lowest BCUT2D eigenvalue weighted by molar-refractivity contribution is -0.142. The second kappa shape index (κ2) is 10.7. The van der Waals surface area contributed by atoms with E-state index in [1.165, 1.54) is 0 Å². The van der Waals surface area contributed by atoms with E-state index in [1.807, 2.05) is 51.1 Å². The molecular formula is C25H29N5O5. The van der Waals surface area contributed by atoms with Crippen LogP contribution in [0.4, 0.5) is 15.4 Å². The number of ether oxygens (including phenoxy) is 3. The minimum absolute atomic E-state index is 0.105. The van der Waals surface area contributed by atoms with Crippen LogP contribution in [0.15, 0.2) is 48.9 Å². The van der Waals surface area contributed by atoms with Crippen LogP contribution in [-0.2, 0) is 20.8 Å². The lowest BCUT2D eigenvalue weighted by Gasteiger charge is -2.17. The van der Waals surface area contributed by atoms with E-state index in [2.05, 4.69) is 25.9 Å². The topological polar surface area (TPSA) is 124 Å². The number of nitrogens with zero attached hydrogens (tertiary/aromatic N) is 2. The third-order valence-corrected chi connectivity index (χ3v) is 5.45. The lowest BCUT2D eigenvalue weighted by atomic mass is 9.96. The van der Waals surface area contributed by atoms with Gasteiger partial charge in [0.2, 0.25) is 0 Å². The summed E-state index contributed by atoms with van der Waals surface area (Å²) in [5.41, 5.74) is 2.78. The molecule has 184 valence electrons. The summed E-state index contributed by atoms with van der Waals surface area (Å²) < 4.78 is 16.4. The summed E-state index contributed by atoms with van der Waals surface area (Å²) in [6, 6.07) is 9.23. The van der Waals surface area contributed by atoms with Gasteiger partial charge in [0, 0.05) is 37.1 Å². The third-order valence-electron chi connectivity index (χ3n) is 5.45. The highest BCUT2D eigenvalue weighted by atomic mass is 16.7. The van der Waals surface area contributed by atoms with E-state index in [-0.39, 0.29) is 25.3 Å². The quantitative estimate of drug-likeness (QED) is 0.471. The summed E-state index contributed by atoms with van der Waals surface area (Å²) in [5.74, 6) is -0.247. The standard InChI is InChI=1S/C25H29N5O5/c1-4-27-23(31)30-22-11-20-19(16-7-9-26-10-8-16)6-5-17(21(20)13-28-22)12-29-24(32)33-14-18-15-34-25(2,3)35-18/h5-11,13,18H,4,12,14-15H2,1-3H3,(H,29,32)(H2,27,28,30,31). The average molecular weight is 480 g/mol. The molecule has 1 atom stereocenters. The van der Waals surface area contributed by atoms with Crippen LogP contribution in [0.2, 0.25) is 0 Å². The van der Waals surface area contributed by atoms with Crippen molar-refractivity contribution < 1.29 is 23.8 Å². The van der Waals surface area contributed by atoms with E-state index in [0.29, 0.717) is 19.0 Å². The fraction of sp³-hybridized carbons (Fsp3) is 0.360. The first-order valence-electron chi connectivity index (χ1n) is 11.4. The van der Waals surface area contributed by atoms with E-state index < -0.39 is 11.9 Å². The molecule has 0 radical (unpaired) electrons. The Kier molecular flexibility index (Phi) is 7.42. The Balaban J connectivity index is 1.52. The molecule has 3 amide bonds. The van der Waals surface area contributed by atoms with Gasteiger partial charge >= 0.3 is 12.1 Å². The number of rotatable bonds is 7. The van der Waals surface area contributed by atoms with E-state index in [4.69, 9.17) is 14.2 Å². The summed E-state index contributed by atoms with van der Waals surface area (Å²) in [6.07, 6.45) is 4.29. The Morgan fingerprint density at radius 1 is 1.14 bits per heavy atom. The Bertz CT molecular complexity index is 1200. The zero-order chi connectivity index (χ0) is 24.8. The lowest BCUT2D eigenvalue weighted by Crippen LogP contribution is -2.29. The summed E-state index contributed by atoms with van der Waals surface area (Å²) in [6.45, 7) is 6.70. The van der Waals surface area contributed by atoms with Crippen molar-refractivity contribution in [3.8, 4) is 11.1 Å². The van der Waals surface area contributed by atoms with E-state index in [1.54, 1.807) is 18.6 Å². The molecular weight excluding hydrogens is 450 g/mol. The second-order valence-corrected chi connectivity index (χ2v) is 8.51. The Hall–Kier alpha value is -3.76. The molecule has 35 heavy (non-hydrogen) atoms. The van der Waals surface area contributed by atoms with Gasteiger partial charge in [0.15, 0.2) is 5.79 Å². The number of nitrogens with one attached hydrogen (secondary N) is 3. The molecule has 0 bridgehead atoms. The van der Waals surface area contributed by atoms with Gasteiger partial charge in [-0.3, -0.25) is 10.3 Å². The van der Waals surface area contributed by atoms with Crippen LogP contribution in [-0.4, -0.2) is 53.7 Å². The van der Waals surface area contributed by atoms with E-state index >= 15 is 0 Å². The molecule has 1 unspecified atom stereocenters. The SMILES string of the molecule is CCNC(=O)Nc1cc2c(-c3ccncc3)ccc(CNC(=O)OCC3COC(C)(C)O3)c2cn1. The number of aromatic nitrogens is 2. The number of amides is 3. The molecule has 3 aromatic rings. The highest BCUT2D eigenvalue weighted by Gasteiger charge is 2.33. The Morgan fingerprint density at radius 3 is 2.66 bits per heavy atom. The van der Waals surface area contributed by atoms with Gasteiger partial charge in [-0.15, -0.1) is 0 Å². The number of hydrogen-bond acceptors (Lipinski definition) is 7. The fourth-order valence-corrected chi connectivity index (χ4v) is 3.86. The maximum atomic E-state index is 12.3. The predicted molar refractivity (Wildman–Crippen MR) is 131 cm³/mol. The van der Waals surface area contributed by atoms with Gasteiger partial charge in [-0.1, -0.05) is 12.1 Å². The second-order valence-electron chi connectivity index (χ2n) is 8.51. The van der Waals surface area contributed by atoms with Crippen LogP contribution < -0.4 is 16.0 Å². The van der Waals surface area contributed by atoms with Gasteiger partial charge in [0.05, 0.1) is 6.61 Å². The van der Waals surface area contributed by atoms with Crippen LogP contribution in [0.25, 0.3) is 21.9 Å². The number of fused-ring (bicyclic) bond motifs is 1. The minimum atomic E-state index is -0.669. The normalized spacial score (nSPS) is 16.6. The monoisotopic (exact) mass is 479 g/mol. The van der Waals surface area contributed by atoms with Crippen molar-refractivity contribution in [2.24, 2.45) is 0 Å². The highest BCUT2D eigenvalue weighted by Crippen LogP contribution is 2.32. The first-order valence-corrected chi connectivity index (χ1v) is 11.4. The molecule has 0 saturated carbocycles. The maximum Gasteiger partial charge on any atom is 0.407 e. The summed E-state index contributed by atoms with van der Waals surface area (Å²) in [7, 11) is 0. The van der Waals surface area contributed by atoms with Gasteiger partial charge in [-0.05, 0) is 61.0 Å². The molecule has 1 saturated heterocycles. The molecule has 3 N–H and O–H groups in total. The molecule has 1 fully saturated rings. The van der Waals surface area contributed by atoms with Crippen LogP contribution in [0.5, 0.6) is 0 Å². The smallest absolute Gasteiger partial charge is 0.407 e. The molecule has 10 nitrogen and oxygen atoms in total. The zero-order valence-corrected chi connectivity index (χ0v) is 20.0. The number of pyridine rings is 2. The first-order chi connectivity index (χ1) is 16.8. The van der Waals surface area contributed by atoms with Crippen LogP contribution in [0.3, 0.4) is 0 Å². The highest BCUT2D eigenvalue weighted by molar-refractivity contribution is 6.00. The maximum absolute atomic E-state index is 12.3. The van der Waals surface area contributed by atoms with Gasteiger partial charge in [0.25, 0.3) is 0 Å². The molecule has 2 aromatic heterocycles. The summed E-state index contributed by atoms with van der Waals surface area (Å²) in [4.78, 5) is 32.8. The molecule has 10 heteroatoms. The van der Waals surface area contributed by atoms with Gasteiger partial charge < -0.3 is 24.8 Å². The van der Waals surface area contributed by atoms with Crippen molar-refractivity contribution in [2.75, 3.05) is 25.1 Å². The predicted octanol–water partition coefficient (Wildman–Crippen LogP) is 3.82. The van der Waals surface area contributed by atoms with Crippen molar-refractivity contribution in [1.82, 2.24) is 20.6 Å². The first kappa shape index (κ1) is 24.4. The van der Waals surface area contributed by atoms with Crippen LogP contribution in [0, 0.1) is 0 Å². The number of anilines is 1. The van der Waals surface area contributed by atoms with E-state index in [9.17, 15) is 9.59 Å².